The van der Waals surface area contributed by atoms with Gasteiger partial charge in [0.25, 0.3) is 0 Å². The van der Waals surface area contributed by atoms with Crippen LogP contribution in [0.3, 0.4) is 0 Å². The van der Waals surface area contributed by atoms with Gasteiger partial charge in [-0.2, -0.15) is 0 Å². The fourth-order valence-corrected chi connectivity index (χ4v) is 11.3. The zero-order valence-electron chi connectivity index (χ0n) is 35.0. The van der Waals surface area contributed by atoms with E-state index in [1.807, 2.05) is 0 Å². The minimum atomic E-state index is -0.524. The minimum absolute atomic E-state index is 0.524. The van der Waals surface area contributed by atoms with Crippen LogP contribution in [0.5, 0.6) is 0 Å². The fraction of sp³-hybridized carbons (Fsp3) is 0.0492. The second-order valence-electron chi connectivity index (χ2n) is 17.1. The molecule has 0 N–H and O–H groups in total. The first-order valence-electron chi connectivity index (χ1n) is 22.2. The number of anilines is 3. The van der Waals surface area contributed by atoms with Crippen LogP contribution in [0.15, 0.2) is 224 Å². The van der Waals surface area contributed by atoms with E-state index >= 15 is 0 Å². The van der Waals surface area contributed by atoms with Gasteiger partial charge in [-0.1, -0.05) is 177 Å². The summed E-state index contributed by atoms with van der Waals surface area (Å²) in [5.74, 6) is 0. The van der Waals surface area contributed by atoms with E-state index in [-0.39, 0.29) is 0 Å². The van der Waals surface area contributed by atoms with Crippen LogP contribution < -0.4 is 4.90 Å². The highest BCUT2D eigenvalue weighted by atomic mass is 15.1. The SMILES string of the molecule is CCc1ccc2cccc3c2c1C1(c2ccccc2-c2ccc(N(c4ccc(-c5ccccc5)cc4)c4ccc5c6ccccc6n(-c6ccccc6)c5c4)cc21)c1ccccc1-3. The standard InChI is InChI=1S/C61H42N2/c1-2-40-28-29-43-18-15-24-53-49-22-10-13-26-55(49)61(60(40)59(43)53)54-25-12-9-21-48(54)50-36-34-46(38-56(50)61)62(45-32-30-42(31-33-45)41-16-5-3-6-17-41)47-35-37-52-51-23-11-14-27-57(51)63(58(52)39-47)44-19-7-4-8-20-44/h3-39H,2H2,1H3. The van der Waals surface area contributed by atoms with Crippen molar-refractivity contribution >= 4 is 49.6 Å². The summed E-state index contributed by atoms with van der Waals surface area (Å²) >= 11 is 0. The van der Waals surface area contributed by atoms with Crippen molar-refractivity contribution in [3.05, 3.63) is 252 Å². The van der Waals surface area contributed by atoms with Crippen LogP contribution >= 0.6 is 0 Å². The Kier molecular flexibility index (Phi) is 7.83. The van der Waals surface area contributed by atoms with Crippen molar-refractivity contribution in [2.24, 2.45) is 0 Å². The molecule has 296 valence electrons. The second kappa shape index (κ2) is 13.8. The number of nitrogens with zero attached hydrogens (tertiary/aromatic N) is 2. The van der Waals surface area contributed by atoms with E-state index in [4.69, 9.17) is 0 Å². The first kappa shape index (κ1) is 35.8. The van der Waals surface area contributed by atoms with Gasteiger partial charge in [0.15, 0.2) is 0 Å². The Morgan fingerprint density at radius 2 is 1.00 bits per heavy atom. The van der Waals surface area contributed by atoms with Crippen LogP contribution in [0.4, 0.5) is 17.1 Å². The molecule has 2 aliphatic rings. The largest absolute Gasteiger partial charge is 0.310 e. The third kappa shape index (κ3) is 5.07. The average Bonchev–Trinajstić information content (AvgIpc) is 3.84. The zero-order valence-corrected chi connectivity index (χ0v) is 35.0. The summed E-state index contributed by atoms with van der Waals surface area (Å²) in [6.07, 6.45) is 0.941. The number of benzene rings is 10. The van der Waals surface area contributed by atoms with Gasteiger partial charge in [-0.25, -0.2) is 0 Å². The molecule has 0 saturated heterocycles. The molecule has 0 radical (unpaired) electrons. The molecule has 0 amide bonds. The van der Waals surface area contributed by atoms with E-state index in [9.17, 15) is 0 Å². The zero-order chi connectivity index (χ0) is 41.6. The molecule has 0 fully saturated rings. The van der Waals surface area contributed by atoms with E-state index in [2.05, 4.69) is 241 Å². The van der Waals surface area contributed by atoms with Gasteiger partial charge in [0.2, 0.25) is 0 Å². The first-order valence-corrected chi connectivity index (χ1v) is 22.2. The maximum absolute atomic E-state index is 2.53. The number of rotatable bonds is 6. The van der Waals surface area contributed by atoms with E-state index in [1.165, 1.54) is 93.8 Å². The van der Waals surface area contributed by atoms with Crippen LogP contribution in [-0.2, 0) is 11.8 Å². The normalized spacial score (nSPS) is 14.6. The van der Waals surface area contributed by atoms with Crippen molar-refractivity contribution in [3.8, 4) is 39.1 Å². The summed E-state index contributed by atoms with van der Waals surface area (Å²) in [6.45, 7) is 2.32. The topological polar surface area (TPSA) is 8.17 Å². The monoisotopic (exact) mass is 802 g/mol. The van der Waals surface area contributed by atoms with Gasteiger partial charge < -0.3 is 9.47 Å². The minimum Gasteiger partial charge on any atom is -0.310 e. The van der Waals surface area contributed by atoms with Crippen molar-refractivity contribution < 1.29 is 0 Å². The summed E-state index contributed by atoms with van der Waals surface area (Å²) in [7, 11) is 0. The molecule has 1 aromatic heterocycles. The average molecular weight is 803 g/mol. The van der Waals surface area contributed by atoms with Crippen LogP contribution in [-0.4, -0.2) is 4.57 Å². The lowest BCUT2D eigenvalue weighted by Crippen LogP contribution is -2.33. The highest BCUT2D eigenvalue weighted by molar-refractivity contribution is 6.11. The third-order valence-corrected chi connectivity index (χ3v) is 14.0. The molecule has 2 aliphatic carbocycles. The van der Waals surface area contributed by atoms with Crippen LogP contribution in [0.25, 0.3) is 71.6 Å². The van der Waals surface area contributed by atoms with Gasteiger partial charge in [-0.05, 0) is 133 Å². The molecule has 2 heteroatoms. The molecule has 10 aromatic carbocycles. The number of fused-ring (bicyclic) bond motifs is 12. The third-order valence-electron chi connectivity index (χ3n) is 14.0. The van der Waals surface area contributed by atoms with Crippen LogP contribution in [0.2, 0.25) is 0 Å². The molecular weight excluding hydrogens is 761 g/mol. The molecule has 11 aromatic rings. The summed E-state index contributed by atoms with van der Waals surface area (Å²) in [5.41, 5.74) is 20.8. The molecule has 13 rings (SSSR count). The van der Waals surface area contributed by atoms with Crippen molar-refractivity contribution in [2.75, 3.05) is 4.90 Å². The lowest BCUT2D eigenvalue weighted by atomic mass is 9.60. The number of hydrogen-bond donors (Lipinski definition) is 0. The molecule has 1 unspecified atom stereocenters. The van der Waals surface area contributed by atoms with E-state index in [0.717, 1.165) is 29.2 Å². The second-order valence-corrected chi connectivity index (χ2v) is 17.1. The smallest absolute Gasteiger partial charge is 0.0729 e. The Balaban J connectivity index is 1.11. The maximum Gasteiger partial charge on any atom is 0.0729 e. The molecule has 1 heterocycles. The number of para-hydroxylation sites is 2. The first-order chi connectivity index (χ1) is 31.2. The number of hydrogen-bond acceptors (Lipinski definition) is 1. The Bertz CT molecular complexity index is 3600. The maximum atomic E-state index is 2.53. The summed E-state index contributed by atoms with van der Waals surface area (Å²) < 4.78 is 2.42. The number of aryl methyl sites for hydroxylation is 1. The molecule has 0 saturated carbocycles. The van der Waals surface area contributed by atoms with Gasteiger partial charge >= 0.3 is 0 Å². The van der Waals surface area contributed by atoms with Gasteiger partial charge in [0, 0.05) is 33.5 Å². The summed E-state index contributed by atoms with van der Waals surface area (Å²) in [6, 6.07) is 83.6. The summed E-state index contributed by atoms with van der Waals surface area (Å²) in [5, 5.41) is 5.14. The van der Waals surface area contributed by atoms with Crippen molar-refractivity contribution in [3.63, 3.8) is 0 Å². The summed E-state index contributed by atoms with van der Waals surface area (Å²) in [4.78, 5) is 2.47. The molecule has 0 aliphatic heterocycles. The van der Waals surface area contributed by atoms with Crippen molar-refractivity contribution in [1.82, 2.24) is 4.57 Å². The Labute approximate surface area is 367 Å². The molecule has 63 heavy (non-hydrogen) atoms. The van der Waals surface area contributed by atoms with E-state index in [0.29, 0.717) is 0 Å². The molecule has 1 atom stereocenters. The Morgan fingerprint density at radius 3 is 1.78 bits per heavy atom. The highest BCUT2D eigenvalue weighted by Gasteiger charge is 2.51. The van der Waals surface area contributed by atoms with Gasteiger partial charge in [0.1, 0.15) is 0 Å². The predicted molar refractivity (Wildman–Crippen MR) is 264 cm³/mol. The molecule has 0 bridgehead atoms. The van der Waals surface area contributed by atoms with E-state index < -0.39 is 5.41 Å². The highest BCUT2D eigenvalue weighted by Crippen LogP contribution is 2.63. The van der Waals surface area contributed by atoms with Crippen molar-refractivity contribution in [2.45, 2.75) is 18.8 Å². The molecular formula is C61H42N2. The van der Waals surface area contributed by atoms with E-state index in [1.54, 1.807) is 0 Å². The lowest BCUT2D eigenvalue weighted by molar-refractivity contribution is 0.759. The van der Waals surface area contributed by atoms with Crippen molar-refractivity contribution in [1.29, 1.82) is 0 Å². The molecule has 1 spiro atoms. The Hall–Kier alpha value is -7.94. The molecule has 2 nitrogen and oxygen atoms in total. The van der Waals surface area contributed by atoms with Crippen LogP contribution in [0.1, 0.15) is 34.7 Å². The Morgan fingerprint density at radius 1 is 0.413 bits per heavy atom. The fourth-order valence-electron chi connectivity index (χ4n) is 11.3. The predicted octanol–water partition coefficient (Wildman–Crippen LogP) is 16.0. The van der Waals surface area contributed by atoms with Gasteiger partial charge in [-0.3, -0.25) is 0 Å². The lowest BCUT2D eigenvalue weighted by Gasteiger charge is -2.41. The van der Waals surface area contributed by atoms with Gasteiger partial charge in [-0.15, -0.1) is 0 Å². The number of aromatic nitrogens is 1. The van der Waals surface area contributed by atoms with Gasteiger partial charge in [0.05, 0.1) is 16.4 Å². The quantitative estimate of drug-likeness (QED) is 0.163. The van der Waals surface area contributed by atoms with Crippen LogP contribution in [0, 0.1) is 0 Å².